The van der Waals surface area contributed by atoms with Crippen molar-refractivity contribution in [1.82, 2.24) is 4.98 Å². The van der Waals surface area contributed by atoms with Crippen molar-refractivity contribution in [2.24, 2.45) is 0 Å². The van der Waals surface area contributed by atoms with Crippen LogP contribution in [0, 0.1) is 0 Å². The van der Waals surface area contributed by atoms with E-state index in [1.807, 2.05) is 60.7 Å². The maximum Gasteiger partial charge on any atom is 0.231 e. The maximum atomic E-state index is 12.3. The second kappa shape index (κ2) is 8.00. The van der Waals surface area contributed by atoms with E-state index < -0.39 is 0 Å². The molecular weight excluding hydrogens is 354 g/mol. The lowest BCUT2D eigenvalue weighted by atomic mass is 10.1. The first-order valence-electron chi connectivity index (χ1n) is 9.10. The highest BCUT2D eigenvalue weighted by Crippen LogP contribution is 2.33. The second-order valence-corrected chi connectivity index (χ2v) is 6.48. The zero-order valence-corrected chi connectivity index (χ0v) is 15.6. The van der Waals surface area contributed by atoms with Crippen molar-refractivity contribution in [3.8, 4) is 11.5 Å². The van der Waals surface area contributed by atoms with E-state index in [9.17, 15) is 4.79 Å². The molecule has 0 saturated carbocycles. The van der Waals surface area contributed by atoms with E-state index >= 15 is 0 Å². The molecule has 0 aliphatic carbocycles. The highest BCUT2D eigenvalue weighted by atomic mass is 16.7. The molecule has 2 heterocycles. The Bertz CT molecular complexity index is 976. The molecule has 142 valence electrons. The van der Waals surface area contributed by atoms with Crippen LogP contribution in [0.25, 0.3) is 0 Å². The van der Waals surface area contributed by atoms with Crippen molar-refractivity contribution >= 4 is 17.3 Å². The number of ether oxygens (including phenoxy) is 2. The van der Waals surface area contributed by atoms with E-state index in [4.69, 9.17) is 9.47 Å². The van der Waals surface area contributed by atoms with Gasteiger partial charge in [0.15, 0.2) is 11.5 Å². The molecule has 1 aliphatic rings. The van der Waals surface area contributed by atoms with Crippen LogP contribution < -0.4 is 19.7 Å². The number of benzene rings is 2. The Labute approximate surface area is 163 Å². The fraction of sp³-hybridized carbons (Fsp3) is 0.182. The van der Waals surface area contributed by atoms with Crippen LogP contribution in [0.1, 0.15) is 18.2 Å². The van der Waals surface area contributed by atoms with E-state index in [1.54, 1.807) is 18.0 Å². The van der Waals surface area contributed by atoms with Crippen LogP contribution in [0.3, 0.4) is 0 Å². The summed E-state index contributed by atoms with van der Waals surface area (Å²) in [6.45, 7) is 2.84. The fourth-order valence-electron chi connectivity index (χ4n) is 3.13. The van der Waals surface area contributed by atoms with Crippen LogP contribution in [0.2, 0.25) is 0 Å². The predicted molar refractivity (Wildman–Crippen MR) is 107 cm³/mol. The molecule has 4 rings (SSSR count). The summed E-state index contributed by atoms with van der Waals surface area (Å²) in [5.41, 5.74) is 3.61. The molecule has 2 aromatic carbocycles. The van der Waals surface area contributed by atoms with Crippen molar-refractivity contribution in [2.45, 2.75) is 20.0 Å². The van der Waals surface area contributed by atoms with E-state index in [2.05, 4.69) is 10.3 Å². The molecule has 0 radical (unpaired) electrons. The Hall–Kier alpha value is -3.54. The molecule has 28 heavy (non-hydrogen) atoms. The number of para-hydroxylation sites is 2. The number of carbonyl (C=O) groups excluding carboxylic acids is 1. The zero-order chi connectivity index (χ0) is 19.3. The van der Waals surface area contributed by atoms with Crippen LogP contribution >= 0.6 is 0 Å². The van der Waals surface area contributed by atoms with Gasteiger partial charge in [0.25, 0.3) is 0 Å². The summed E-state index contributed by atoms with van der Waals surface area (Å²) in [7, 11) is 0. The fourth-order valence-corrected chi connectivity index (χ4v) is 3.13. The predicted octanol–water partition coefficient (Wildman–Crippen LogP) is 3.98. The SMILES string of the molecule is CC(=O)N(Cc1ccccn1)c1ccccc1NCc1ccc2c(c1)OCO2. The van der Waals surface area contributed by atoms with Gasteiger partial charge in [-0.25, -0.2) is 0 Å². The molecule has 0 atom stereocenters. The first kappa shape index (κ1) is 17.9. The van der Waals surface area contributed by atoms with Gasteiger partial charge < -0.3 is 19.7 Å². The number of amides is 1. The van der Waals surface area contributed by atoms with Crippen LogP contribution in [0.4, 0.5) is 11.4 Å². The number of hydrogen-bond acceptors (Lipinski definition) is 5. The van der Waals surface area contributed by atoms with Gasteiger partial charge in [-0.2, -0.15) is 0 Å². The maximum absolute atomic E-state index is 12.3. The Balaban J connectivity index is 1.54. The highest BCUT2D eigenvalue weighted by molar-refractivity contribution is 5.95. The van der Waals surface area contributed by atoms with Crippen LogP contribution in [0.5, 0.6) is 11.5 Å². The summed E-state index contributed by atoms with van der Waals surface area (Å²) >= 11 is 0. The van der Waals surface area contributed by atoms with Crippen molar-refractivity contribution in [1.29, 1.82) is 0 Å². The Morgan fingerprint density at radius 1 is 1.07 bits per heavy atom. The van der Waals surface area contributed by atoms with E-state index in [1.165, 1.54) is 0 Å². The standard InChI is InChI=1S/C22H21N3O3/c1-16(26)25(14-18-6-4-5-11-23-18)20-8-3-2-7-19(20)24-13-17-9-10-21-22(12-17)28-15-27-21/h2-12,24H,13-15H2,1H3. The average molecular weight is 375 g/mol. The van der Waals surface area contributed by atoms with Crippen molar-refractivity contribution in [3.63, 3.8) is 0 Å². The summed E-state index contributed by atoms with van der Waals surface area (Å²) < 4.78 is 10.8. The second-order valence-electron chi connectivity index (χ2n) is 6.48. The average Bonchev–Trinajstić information content (AvgIpc) is 3.19. The third-order valence-electron chi connectivity index (χ3n) is 4.54. The smallest absolute Gasteiger partial charge is 0.231 e. The molecule has 3 aromatic rings. The summed E-state index contributed by atoms with van der Waals surface area (Å²) in [5, 5.41) is 3.43. The number of carbonyl (C=O) groups is 1. The quantitative estimate of drug-likeness (QED) is 0.706. The normalized spacial score (nSPS) is 11.9. The van der Waals surface area contributed by atoms with Gasteiger partial charge >= 0.3 is 0 Å². The van der Waals surface area contributed by atoms with E-state index in [0.29, 0.717) is 13.1 Å². The summed E-state index contributed by atoms with van der Waals surface area (Å²) in [5.74, 6) is 1.48. The lowest BCUT2D eigenvalue weighted by molar-refractivity contribution is -0.116. The van der Waals surface area contributed by atoms with E-state index in [-0.39, 0.29) is 12.7 Å². The number of nitrogens with one attached hydrogen (secondary N) is 1. The first-order valence-corrected chi connectivity index (χ1v) is 9.10. The Kier molecular flexibility index (Phi) is 5.10. The molecule has 6 heteroatoms. The zero-order valence-electron chi connectivity index (χ0n) is 15.6. The molecule has 0 bridgehead atoms. The van der Waals surface area contributed by atoms with Gasteiger partial charge in [0.05, 0.1) is 23.6 Å². The number of anilines is 2. The van der Waals surface area contributed by atoms with Gasteiger partial charge in [-0.15, -0.1) is 0 Å². The number of aromatic nitrogens is 1. The first-order chi connectivity index (χ1) is 13.7. The summed E-state index contributed by atoms with van der Waals surface area (Å²) in [4.78, 5) is 18.4. The summed E-state index contributed by atoms with van der Waals surface area (Å²) in [6.07, 6.45) is 1.73. The molecule has 0 saturated heterocycles. The Morgan fingerprint density at radius 2 is 1.89 bits per heavy atom. The Morgan fingerprint density at radius 3 is 2.71 bits per heavy atom. The molecule has 6 nitrogen and oxygen atoms in total. The van der Waals surface area contributed by atoms with Crippen molar-refractivity contribution in [2.75, 3.05) is 17.0 Å². The van der Waals surface area contributed by atoms with Crippen LogP contribution in [-0.2, 0) is 17.9 Å². The van der Waals surface area contributed by atoms with Gasteiger partial charge in [-0.1, -0.05) is 24.3 Å². The van der Waals surface area contributed by atoms with Gasteiger partial charge in [0, 0.05) is 19.7 Å². The topological polar surface area (TPSA) is 63.7 Å². The van der Waals surface area contributed by atoms with Gasteiger partial charge in [-0.3, -0.25) is 9.78 Å². The molecule has 1 amide bonds. The summed E-state index contributed by atoms with van der Waals surface area (Å²) in [6, 6.07) is 19.4. The number of pyridine rings is 1. The number of nitrogens with zero attached hydrogens (tertiary/aromatic N) is 2. The third-order valence-corrected chi connectivity index (χ3v) is 4.54. The molecule has 1 aliphatic heterocycles. The molecule has 1 aromatic heterocycles. The molecule has 1 N–H and O–H groups in total. The minimum absolute atomic E-state index is 0.0389. The lowest BCUT2D eigenvalue weighted by Gasteiger charge is -2.24. The van der Waals surface area contributed by atoms with E-state index in [0.717, 1.165) is 34.1 Å². The monoisotopic (exact) mass is 375 g/mol. The van der Waals surface area contributed by atoms with Crippen molar-refractivity contribution < 1.29 is 14.3 Å². The van der Waals surface area contributed by atoms with Crippen LogP contribution in [-0.4, -0.2) is 17.7 Å². The molecule has 0 spiro atoms. The molecule has 0 unspecified atom stereocenters. The van der Waals surface area contributed by atoms with Gasteiger partial charge in [0.2, 0.25) is 12.7 Å². The van der Waals surface area contributed by atoms with Gasteiger partial charge in [0.1, 0.15) is 0 Å². The molecular formula is C22H21N3O3. The lowest BCUT2D eigenvalue weighted by Crippen LogP contribution is -2.29. The minimum Gasteiger partial charge on any atom is -0.454 e. The molecule has 0 fully saturated rings. The highest BCUT2D eigenvalue weighted by Gasteiger charge is 2.17. The third kappa shape index (κ3) is 3.91. The van der Waals surface area contributed by atoms with Gasteiger partial charge in [-0.05, 0) is 42.0 Å². The largest absolute Gasteiger partial charge is 0.454 e. The minimum atomic E-state index is -0.0389. The number of hydrogen-bond donors (Lipinski definition) is 1. The number of fused-ring (bicyclic) bond motifs is 1. The van der Waals surface area contributed by atoms with Crippen molar-refractivity contribution in [3.05, 3.63) is 78.1 Å². The number of rotatable bonds is 6. The van der Waals surface area contributed by atoms with Crippen LogP contribution in [0.15, 0.2) is 66.9 Å².